The van der Waals surface area contributed by atoms with Crippen LogP contribution in [0.2, 0.25) is 0 Å². The normalized spacial score (nSPS) is 26.3. The Hall–Kier alpha value is -1.37. The molecule has 0 amide bonds. The van der Waals surface area contributed by atoms with E-state index in [1.54, 1.807) is 12.1 Å². The minimum absolute atomic E-state index is 0.0382. The molecule has 0 radical (unpaired) electrons. The van der Waals surface area contributed by atoms with Crippen LogP contribution in [-0.2, 0) is 4.74 Å². The van der Waals surface area contributed by atoms with Crippen molar-refractivity contribution in [3.05, 3.63) is 35.4 Å². The predicted octanol–water partition coefficient (Wildman–Crippen LogP) is 3.33. The molecule has 2 unspecified atom stereocenters. The molecule has 3 heteroatoms. The Balaban J connectivity index is 1.72. The topological polar surface area (TPSA) is 53.2 Å². The van der Waals surface area contributed by atoms with E-state index in [4.69, 9.17) is 10.00 Å². The van der Waals surface area contributed by atoms with Crippen LogP contribution in [0.5, 0.6) is 0 Å². The minimum atomic E-state index is -0.441. The molecule has 20 heavy (non-hydrogen) atoms. The third kappa shape index (κ3) is 2.59. The monoisotopic (exact) mass is 271 g/mol. The van der Waals surface area contributed by atoms with Crippen LogP contribution in [0.3, 0.4) is 0 Å². The number of nitrogens with zero attached hydrogens (tertiary/aromatic N) is 1. The van der Waals surface area contributed by atoms with Gasteiger partial charge in [-0.25, -0.2) is 0 Å². The highest BCUT2D eigenvalue weighted by Gasteiger charge is 2.41. The lowest BCUT2D eigenvalue weighted by atomic mass is 9.80. The van der Waals surface area contributed by atoms with Crippen LogP contribution < -0.4 is 0 Å². The number of aliphatic hydroxyl groups excluding tert-OH is 1. The zero-order chi connectivity index (χ0) is 14.0. The molecule has 1 saturated carbocycles. The number of ether oxygens (including phenoxy) is 1. The number of nitriles is 1. The highest BCUT2D eigenvalue weighted by atomic mass is 16.5. The molecule has 2 fully saturated rings. The molecule has 3 nitrogen and oxygen atoms in total. The summed E-state index contributed by atoms with van der Waals surface area (Å²) in [6.07, 6.45) is 6.23. The van der Waals surface area contributed by atoms with E-state index in [1.807, 2.05) is 12.1 Å². The van der Waals surface area contributed by atoms with Crippen molar-refractivity contribution in [3.8, 4) is 6.07 Å². The standard InChI is InChI=1S/C17H21NO2/c18-12-13-3-5-14(6-4-13)16(19)15-7-10-20-17(11-15)8-1-2-9-17/h3-6,15-16,19H,1-2,7-11H2. The highest BCUT2D eigenvalue weighted by molar-refractivity contribution is 5.32. The molecule has 1 saturated heterocycles. The van der Waals surface area contributed by atoms with Crippen LogP contribution in [-0.4, -0.2) is 17.3 Å². The molecule has 1 aliphatic heterocycles. The number of benzene rings is 1. The van der Waals surface area contributed by atoms with Gasteiger partial charge in [-0.05, 0) is 49.3 Å². The van der Waals surface area contributed by atoms with Crippen molar-refractivity contribution in [2.45, 2.75) is 50.2 Å². The molecular formula is C17H21NO2. The number of rotatable bonds is 2. The summed E-state index contributed by atoms with van der Waals surface area (Å²) in [5.74, 6) is 0.273. The molecule has 0 bridgehead atoms. The van der Waals surface area contributed by atoms with E-state index < -0.39 is 6.10 Å². The van der Waals surface area contributed by atoms with Gasteiger partial charge in [0.05, 0.1) is 23.3 Å². The Morgan fingerprint density at radius 3 is 2.60 bits per heavy atom. The molecule has 106 valence electrons. The van der Waals surface area contributed by atoms with Gasteiger partial charge in [0, 0.05) is 6.61 Å². The van der Waals surface area contributed by atoms with Crippen LogP contribution in [0, 0.1) is 17.2 Å². The Kier molecular flexibility index (Phi) is 3.78. The van der Waals surface area contributed by atoms with Gasteiger partial charge in [-0.15, -0.1) is 0 Å². The maximum atomic E-state index is 10.6. The molecule has 1 aromatic carbocycles. The van der Waals surface area contributed by atoms with Crippen molar-refractivity contribution in [2.75, 3.05) is 6.61 Å². The maximum absolute atomic E-state index is 10.6. The Morgan fingerprint density at radius 2 is 1.95 bits per heavy atom. The smallest absolute Gasteiger partial charge is 0.0991 e. The van der Waals surface area contributed by atoms with Crippen LogP contribution in [0.25, 0.3) is 0 Å². The lowest BCUT2D eigenvalue weighted by Gasteiger charge is -2.40. The summed E-state index contributed by atoms with van der Waals surface area (Å²) in [4.78, 5) is 0. The largest absolute Gasteiger partial charge is 0.388 e. The lowest BCUT2D eigenvalue weighted by Crippen LogP contribution is -2.39. The van der Waals surface area contributed by atoms with Gasteiger partial charge >= 0.3 is 0 Å². The van der Waals surface area contributed by atoms with Gasteiger partial charge in [-0.2, -0.15) is 5.26 Å². The first kappa shape index (κ1) is 13.6. The van der Waals surface area contributed by atoms with Crippen LogP contribution in [0.4, 0.5) is 0 Å². The highest BCUT2D eigenvalue weighted by Crippen LogP contribution is 2.45. The zero-order valence-electron chi connectivity index (χ0n) is 11.7. The summed E-state index contributed by atoms with van der Waals surface area (Å²) in [7, 11) is 0. The maximum Gasteiger partial charge on any atom is 0.0991 e. The minimum Gasteiger partial charge on any atom is -0.388 e. The lowest BCUT2D eigenvalue weighted by molar-refractivity contribution is -0.113. The van der Waals surface area contributed by atoms with Gasteiger partial charge in [-0.1, -0.05) is 25.0 Å². The van der Waals surface area contributed by atoms with E-state index >= 15 is 0 Å². The van der Waals surface area contributed by atoms with Gasteiger partial charge < -0.3 is 9.84 Å². The summed E-state index contributed by atoms with van der Waals surface area (Å²) >= 11 is 0. The van der Waals surface area contributed by atoms with E-state index in [-0.39, 0.29) is 11.5 Å². The molecule has 1 spiro atoms. The first-order chi connectivity index (χ1) is 9.72. The van der Waals surface area contributed by atoms with Gasteiger partial charge in [-0.3, -0.25) is 0 Å². The molecule has 1 aromatic rings. The van der Waals surface area contributed by atoms with Crippen molar-refractivity contribution in [2.24, 2.45) is 5.92 Å². The number of aliphatic hydroxyl groups is 1. The second kappa shape index (κ2) is 5.55. The third-order valence-electron chi connectivity index (χ3n) is 4.87. The van der Waals surface area contributed by atoms with E-state index in [0.29, 0.717) is 5.56 Å². The molecule has 0 aromatic heterocycles. The fourth-order valence-electron chi connectivity index (χ4n) is 3.73. The third-order valence-corrected chi connectivity index (χ3v) is 4.87. The van der Waals surface area contributed by atoms with Crippen molar-refractivity contribution in [1.82, 2.24) is 0 Å². The molecule has 1 heterocycles. The van der Waals surface area contributed by atoms with Crippen LogP contribution in [0.1, 0.15) is 55.8 Å². The zero-order valence-corrected chi connectivity index (χ0v) is 11.7. The summed E-state index contributed by atoms with van der Waals surface area (Å²) in [6.45, 7) is 0.762. The molecule has 2 aliphatic rings. The van der Waals surface area contributed by atoms with Crippen LogP contribution in [0.15, 0.2) is 24.3 Å². The average molecular weight is 271 g/mol. The Bertz CT molecular complexity index is 497. The summed E-state index contributed by atoms with van der Waals surface area (Å²) in [5, 5.41) is 19.4. The number of hydrogen-bond donors (Lipinski definition) is 1. The Labute approximate surface area is 120 Å². The summed E-state index contributed by atoms with van der Waals surface area (Å²) in [6, 6.07) is 9.42. The van der Waals surface area contributed by atoms with Gasteiger partial charge in [0.1, 0.15) is 0 Å². The average Bonchev–Trinajstić information content (AvgIpc) is 2.94. The predicted molar refractivity (Wildman–Crippen MR) is 76.0 cm³/mol. The van der Waals surface area contributed by atoms with E-state index in [9.17, 15) is 5.11 Å². The molecule has 2 atom stereocenters. The van der Waals surface area contributed by atoms with Crippen molar-refractivity contribution in [1.29, 1.82) is 5.26 Å². The summed E-state index contributed by atoms with van der Waals surface area (Å²) < 4.78 is 6.03. The van der Waals surface area contributed by atoms with Gasteiger partial charge in [0.25, 0.3) is 0 Å². The number of hydrogen-bond acceptors (Lipinski definition) is 3. The first-order valence-corrected chi connectivity index (χ1v) is 7.55. The molecule has 1 aliphatic carbocycles. The van der Waals surface area contributed by atoms with Gasteiger partial charge in [0.15, 0.2) is 0 Å². The van der Waals surface area contributed by atoms with E-state index in [1.165, 1.54) is 12.8 Å². The second-order valence-electron chi connectivity index (χ2n) is 6.17. The second-order valence-corrected chi connectivity index (χ2v) is 6.17. The molecular weight excluding hydrogens is 250 g/mol. The first-order valence-electron chi connectivity index (χ1n) is 7.55. The van der Waals surface area contributed by atoms with E-state index in [0.717, 1.165) is 37.9 Å². The summed E-state index contributed by atoms with van der Waals surface area (Å²) in [5.41, 5.74) is 1.60. The van der Waals surface area contributed by atoms with E-state index in [2.05, 4.69) is 6.07 Å². The Morgan fingerprint density at radius 1 is 1.25 bits per heavy atom. The fraction of sp³-hybridized carbons (Fsp3) is 0.588. The van der Waals surface area contributed by atoms with Gasteiger partial charge in [0.2, 0.25) is 0 Å². The SMILES string of the molecule is N#Cc1ccc(C(O)C2CCOC3(CCCC3)C2)cc1. The quantitative estimate of drug-likeness (QED) is 0.897. The van der Waals surface area contributed by atoms with Crippen LogP contribution >= 0.6 is 0 Å². The van der Waals surface area contributed by atoms with Crippen molar-refractivity contribution in [3.63, 3.8) is 0 Å². The molecule has 1 N–H and O–H groups in total. The van der Waals surface area contributed by atoms with Crippen molar-refractivity contribution >= 4 is 0 Å². The van der Waals surface area contributed by atoms with Crippen molar-refractivity contribution < 1.29 is 9.84 Å². The fourth-order valence-corrected chi connectivity index (χ4v) is 3.73. The molecule has 3 rings (SSSR count).